The van der Waals surface area contributed by atoms with Crippen molar-refractivity contribution in [2.24, 2.45) is 0 Å². The van der Waals surface area contributed by atoms with Crippen LogP contribution in [0.15, 0.2) is 96.3 Å². The molecule has 7 nitrogen and oxygen atoms in total. The van der Waals surface area contributed by atoms with Crippen LogP contribution in [0.4, 0.5) is 0 Å². The van der Waals surface area contributed by atoms with E-state index in [0.29, 0.717) is 36.6 Å². The molecule has 0 radical (unpaired) electrons. The minimum Gasteiger partial charge on any atom is -0.503 e. The van der Waals surface area contributed by atoms with Gasteiger partial charge in [-0.15, -0.1) is 0 Å². The number of aliphatic hydroxyl groups excluding tert-OH is 1. The molecule has 0 aliphatic carbocycles. The molecule has 0 fully saturated rings. The fourth-order valence-electron chi connectivity index (χ4n) is 5.02. The topological polar surface area (TPSA) is 79.3 Å². The van der Waals surface area contributed by atoms with Gasteiger partial charge in [-0.25, -0.2) is 0 Å². The van der Waals surface area contributed by atoms with Crippen molar-refractivity contribution in [2.75, 3.05) is 33.3 Å². The van der Waals surface area contributed by atoms with Gasteiger partial charge in [-0.1, -0.05) is 86.7 Å². The summed E-state index contributed by atoms with van der Waals surface area (Å²) in [5, 5.41) is 11.0. The molecule has 1 atom stereocenters. The van der Waals surface area contributed by atoms with Crippen LogP contribution in [0.2, 0.25) is 0 Å². The highest BCUT2D eigenvalue weighted by atomic mass is 16.5. The van der Waals surface area contributed by atoms with Crippen LogP contribution in [-0.4, -0.2) is 59.9 Å². The molecular weight excluding hydrogens is 516 g/mol. The molecule has 3 aromatic carbocycles. The summed E-state index contributed by atoms with van der Waals surface area (Å²) >= 11 is 0. The maximum atomic E-state index is 13.5. The van der Waals surface area contributed by atoms with E-state index in [1.807, 2.05) is 66.7 Å². The van der Waals surface area contributed by atoms with Crippen LogP contribution < -0.4 is 9.47 Å². The van der Waals surface area contributed by atoms with Crippen molar-refractivity contribution in [1.29, 1.82) is 0 Å². The third kappa shape index (κ3) is 7.24. The number of amides is 1. The average Bonchev–Trinajstić information content (AvgIpc) is 3.27. The number of benzene rings is 3. The molecule has 0 saturated carbocycles. The van der Waals surface area contributed by atoms with Crippen molar-refractivity contribution >= 4 is 17.8 Å². The van der Waals surface area contributed by atoms with E-state index in [1.165, 1.54) is 6.08 Å². The van der Waals surface area contributed by atoms with Crippen LogP contribution in [0.5, 0.6) is 11.5 Å². The molecule has 1 aliphatic heterocycles. The second kappa shape index (κ2) is 14.3. The van der Waals surface area contributed by atoms with Crippen LogP contribution >= 0.6 is 0 Å². The Bertz CT molecular complexity index is 1380. The van der Waals surface area contributed by atoms with Crippen LogP contribution in [0.1, 0.15) is 43.0 Å². The number of carbonyl (C=O) groups excluding carboxylic acids is 2. The zero-order chi connectivity index (χ0) is 29.2. The lowest BCUT2D eigenvalue weighted by molar-refractivity contribution is -0.129. The number of carbonyl (C=O) groups is 2. The summed E-state index contributed by atoms with van der Waals surface area (Å²) < 4.78 is 11.7. The first kappa shape index (κ1) is 29.6. The Hall–Kier alpha value is -4.36. The maximum Gasteiger partial charge on any atom is 0.290 e. The molecule has 0 aromatic heterocycles. The van der Waals surface area contributed by atoms with Gasteiger partial charge in [0.2, 0.25) is 0 Å². The summed E-state index contributed by atoms with van der Waals surface area (Å²) in [5.74, 6) is -0.452. The Morgan fingerprint density at radius 3 is 2.32 bits per heavy atom. The van der Waals surface area contributed by atoms with Gasteiger partial charge in [-0.05, 0) is 61.0 Å². The molecule has 1 heterocycles. The number of ether oxygens (including phenoxy) is 2. The quantitative estimate of drug-likeness (QED) is 0.247. The highest BCUT2D eigenvalue weighted by molar-refractivity contribution is 6.14. The standard InChI is InChI=1S/C34H38N2O5/c1-4-35(5-2)21-12-22-36-32(31(33(38)34(36)39)28(37)19-17-25-13-8-6-9-14-25)27-18-20-29(30(23-27)40-3)41-24-26-15-10-7-11-16-26/h6-11,13-20,23,32,38H,4-5,12,21-22,24H2,1-3H3. The fourth-order valence-corrected chi connectivity index (χ4v) is 5.02. The molecule has 1 amide bonds. The molecule has 0 spiro atoms. The van der Waals surface area contributed by atoms with Gasteiger partial charge in [0.15, 0.2) is 23.0 Å². The van der Waals surface area contributed by atoms with Crippen molar-refractivity contribution < 1.29 is 24.2 Å². The summed E-state index contributed by atoms with van der Waals surface area (Å²) in [5.41, 5.74) is 2.58. The third-order valence-electron chi connectivity index (χ3n) is 7.30. The van der Waals surface area contributed by atoms with E-state index in [4.69, 9.17) is 9.47 Å². The van der Waals surface area contributed by atoms with Gasteiger partial charge >= 0.3 is 0 Å². The van der Waals surface area contributed by atoms with Crippen molar-refractivity contribution in [3.8, 4) is 11.5 Å². The van der Waals surface area contributed by atoms with E-state index >= 15 is 0 Å². The van der Waals surface area contributed by atoms with E-state index in [-0.39, 0.29) is 5.57 Å². The molecule has 4 rings (SSSR count). The third-order valence-corrected chi connectivity index (χ3v) is 7.30. The highest BCUT2D eigenvalue weighted by Crippen LogP contribution is 2.41. The predicted molar refractivity (Wildman–Crippen MR) is 161 cm³/mol. The van der Waals surface area contributed by atoms with Crippen molar-refractivity contribution in [1.82, 2.24) is 9.80 Å². The van der Waals surface area contributed by atoms with E-state index in [0.717, 1.165) is 30.8 Å². The molecule has 3 aromatic rings. The Morgan fingerprint density at radius 1 is 0.976 bits per heavy atom. The highest BCUT2D eigenvalue weighted by Gasteiger charge is 2.43. The average molecular weight is 555 g/mol. The molecule has 7 heteroatoms. The number of ketones is 1. The van der Waals surface area contributed by atoms with Crippen molar-refractivity contribution in [3.63, 3.8) is 0 Å². The number of nitrogens with zero attached hydrogens (tertiary/aromatic N) is 2. The van der Waals surface area contributed by atoms with Gasteiger partial charge in [0, 0.05) is 6.54 Å². The van der Waals surface area contributed by atoms with Gasteiger partial charge in [-0.2, -0.15) is 0 Å². The Morgan fingerprint density at radius 2 is 1.66 bits per heavy atom. The van der Waals surface area contributed by atoms with Crippen LogP contribution in [0, 0.1) is 0 Å². The Kier molecular flexibility index (Phi) is 10.3. The molecule has 1 N–H and O–H groups in total. The van der Waals surface area contributed by atoms with Gasteiger partial charge in [0.25, 0.3) is 5.91 Å². The zero-order valence-corrected chi connectivity index (χ0v) is 24.0. The number of allylic oxidation sites excluding steroid dienone is 1. The lowest BCUT2D eigenvalue weighted by atomic mass is 9.95. The number of hydrogen-bond donors (Lipinski definition) is 1. The normalized spacial score (nSPS) is 15.3. The van der Waals surface area contributed by atoms with Crippen LogP contribution in [0.25, 0.3) is 6.08 Å². The molecule has 41 heavy (non-hydrogen) atoms. The smallest absolute Gasteiger partial charge is 0.290 e. The fraction of sp³-hybridized carbons (Fsp3) is 0.294. The zero-order valence-electron chi connectivity index (χ0n) is 24.0. The molecule has 0 saturated heterocycles. The van der Waals surface area contributed by atoms with E-state index < -0.39 is 23.5 Å². The minimum absolute atomic E-state index is 0.0602. The Labute approximate surface area is 242 Å². The first-order valence-electron chi connectivity index (χ1n) is 14.0. The molecule has 214 valence electrons. The molecular formula is C34H38N2O5. The second-order valence-electron chi connectivity index (χ2n) is 9.84. The first-order chi connectivity index (χ1) is 20.0. The summed E-state index contributed by atoms with van der Waals surface area (Å²) in [6, 6.07) is 23.9. The lowest BCUT2D eigenvalue weighted by Crippen LogP contribution is -2.34. The van der Waals surface area contributed by atoms with Gasteiger partial charge in [0.05, 0.1) is 18.7 Å². The van der Waals surface area contributed by atoms with Gasteiger partial charge in [-0.3, -0.25) is 9.59 Å². The number of hydrogen-bond acceptors (Lipinski definition) is 6. The van der Waals surface area contributed by atoms with Crippen LogP contribution in [0.3, 0.4) is 0 Å². The second-order valence-corrected chi connectivity index (χ2v) is 9.84. The lowest BCUT2D eigenvalue weighted by Gasteiger charge is -2.28. The summed E-state index contributed by atoms with van der Waals surface area (Å²) in [6.45, 7) is 7.58. The number of aliphatic hydroxyl groups is 1. The largest absolute Gasteiger partial charge is 0.503 e. The van der Waals surface area contributed by atoms with Crippen molar-refractivity contribution in [2.45, 2.75) is 32.9 Å². The first-order valence-corrected chi connectivity index (χ1v) is 14.0. The van der Waals surface area contributed by atoms with Crippen LogP contribution in [-0.2, 0) is 16.2 Å². The number of methoxy groups -OCH3 is 1. The molecule has 1 aliphatic rings. The van der Waals surface area contributed by atoms with Gasteiger partial charge < -0.3 is 24.4 Å². The maximum absolute atomic E-state index is 13.5. The van der Waals surface area contributed by atoms with E-state index in [9.17, 15) is 14.7 Å². The van der Waals surface area contributed by atoms with Gasteiger partial charge in [0.1, 0.15) is 6.61 Å². The minimum atomic E-state index is -0.760. The SMILES string of the molecule is CCN(CC)CCCN1C(=O)C(O)=C(C(=O)C=Cc2ccccc2)C1c1ccc(OCc2ccccc2)c(OC)c1. The van der Waals surface area contributed by atoms with E-state index in [2.05, 4.69) is 18.7 Å². The molecule has 1 unspecified atom stereocenters. The molecule has 0 bridgehead atoms. The van der Waals surface area contributed by atoms with E-state index in [1.54, 1.807) is 30.2 Å². The summed E-state index contributed by atoms with van der Waals surface area (Å²) in [4.78, 5) is 30.7. The predicted octanol–water partition coefficient (Wildman–Crippen LogP) is 5.98. The van der Waals surface area contributed by atoms with Crippen molar-refractivity contribution in [3.05, 3.63) is 113 Å². The Balaban J connectivity index is 1.64. The number of rotatable bonds is 14. The summed E-state index contributed by atoms with van der Waals surface area (Å²) in [6.07, 6.45) is 3.80. The monoisotopic (exact) mass is 554 g/mol. The summed E-state index contributed by atoms with van der Waals surface area (Å²) in [7, 11) is 1.55.